The second-order valence-electron chi connectivity index (χ2n) is 3.49. The number of rotatable bonds is 2. The number of benzene rings is 1. The SMILES string of the molecule is CNC1c2cc(OC)ccc2OC1C. The minimum absolute atomic E-state index is 0.183. The Balaban J connectivity index is 2.39. The Kier molecular flexibility index (Phi) is 2.33. The second kappa shape index (κ2) is 3.50. The van der Waals surface area contributed by atoms with E-state index in [0.29, 0.717) is 0 Å². The first-order chi connectivity index (χ1) is 6.76. The van der Waals surface area contributed by atoms with E-state index in [2.05, 4.69) is 12.2 Å². The summed E-state index contributed by atoms with van der Waals surface area (Å²) in [7, 11) is 3.62. The second-order valence-corrected chi connectivity index (χ2v) is 3.49. The average Bonchev–Trinajstić information content (AvgIpc) is 2.52. The molecule has 2 atom stereocenters. The largest absolute Gasteiger partial charge is 0.497 e. The molecule has 0 aromatic heterocycles. The van der Waals surface area contributed by atoms with Crippen LogP contribution in [0.25, 0.3) is 0 Å². The van der Waals surface area contributed by atoms with E-state index < -0.39 is 0 Å². The molecule has 0 fully saturated rings. The summed E-state index contributed by atoms with van der Waals surface area (Å²) in [5.74, 6) is 1.83. The number of likely N-dealkylation sites (N-methyl/N-ethyl adjacent to an activating group) is 1. The molecule has 0 saturated heterocycles. The van der Waals surface area contributed by atoms with E-state index in [0.717, 1.165) is 11.5 Å². The Morgan fingerprint density at radius 2 is 2.21 bits per heavy atom. The molecule has 2 unspecified atom stereocenters. The fourth-order valence-electron chi connectivity index (χ4n) is 1.92. The molecule has 14 heavy (non-hydrogen) atoms. The van der Waals surface area contributed by atoms with Crippen molar-refractivity contribution in [2.45, 2.75) is 19.1 Å². The number of ether oxygens (including phenoxy) is 2. The smallest absolute Gasteiger partial charge is 0.125 e. The number of hydrogen-bond donors (Lipinski definition) is 1. The van der Waals surface area contributed by atoms with Crippen LogP contribution in [-0.2, 0) is 0 Å². The third-order valence-corrected chi connectivity index (χ3v) is 2.65. The van der Waals surface area contributed by atoms with E-state index in [9.17, 15) is 0 Å². The number of nitrogens with one attached hydrogen (secondary N) is 1. The maximum Gasteiger partial charge on any atom is 0.125 e. The minimum Gasteiger partial charge on any atom is -0.497 e. The van der Waals surface area contributed by atoms with Crippen molar-refractivity contribution in [1.29, 1.82) is 0 Å². The van der Waals surface area contributed by atoms with Gasteiger partial charge >= 0.3 is 0 Å². The summed E-state index contributed by atoms with van der Waals surface area (Å²) >= 11 is 0. The van der Waals surface area contributed by atoms with Crippen molar-refractivity contribution in [2.24, 2.45) is 0 Å². The summed E-state index contributed by atoms with van der Waals surface area (Å²) in [6.45, 7) is 2.06. The van der Waals surface area contributed by atoms with Gasteiger partial charge in [-0.3, -0.25) is 0 Å². The first-order valence-electron chi connectivity index (χ1n) is 4.78. The van der Waals surface area contributed by atoms with E-state index in [1.54, 1.807) is 7.11 Å². The predicted molar refractivity (Wildman–Crippen MR) is 54.9 cm³/mol. The molecule has 1 aromatic rings. The van der Waals surface area contributed by atoms with Crippen molar-refractivity contribution in [3.63, 3.8) is 0 Å². The van der Waals surface area contributed by atoms with Gasteiger partial charge in [0.05, 0.1) is 13.2 Å². The predicted octanol–water partition coefficient (Wildman–Crippen LogP) is 1.74. The zero-order valence-corrected chi connectivity index (χ0v) is 8.70. The first kappa shape index (κ1) is 9.34. The molecule has 1 heterocycles. The summed E-state index contributed by atoms with van der Waals surface area (Å²) in [5, 5.41) is 3.24. The van der Waals surface area contributed by atoms with Crippen LogP contribution in [0.1, 0.15) is 18.5 Å². The fraction of sp³-hybridized carbons (Fsp3) is 0.455. The van der Waals surface area contributed by atoms with Crippen molar-refractivity contribution in [3.8, 4) is 11.5 Å². The molecule has 3 heteroatoms. The highest BCUT2D eigenvalue weighted by Gasteiger charge is 2.29. The van der Waals surface area contributed by atoms with Crippen LogP contribution >= 0.6 is 0 Å². The zero-order chi connectivity index (χ0) is 10.1. The van der Waals surface area contributed by atoms with Crippen molar-refractivity contribution in [2.75, 3.05) is 14.2 Å². The van der Waals surface area contributed by atoms with Crippen LogP contribution in [0.15, 0.2) is 18.2 Å². The molecule has 0 saturated carbocycles. The molecule has 1 aromatic carbocycles. The Hall–Kier alpha value is -1.22. The molecular weight excluding hydrogens is 178 g/mol. The van der Waals surface area contributed by atoms with Crippen molar-refractivity contribution in [1.82, 2.24) is 5.32 Å². The molecule has 0 spiro atoms. The van der Waals surface area contributed by atoms with Gasteiger partial charge in [0.1, 0.15) is 17.6 Å². The standard InChI is InChI=1S/C11H15NO2/c1-7-11(12-2)9-6-8(13-3)4-5-10(9)14-7/h4-7,11-12H,1-3H3. The number of fused-ring (bicyclic) bond motifs is 1. The van der Waals surface area contributed by atoms with Crippen LogP contribution in [0.5, 0.6) is 11.5 Å². The molecule has 76 valence electrons. The lowest BCUT2D eigenvalue weighted by molar-refractivity contribution is 0.214. The van der Waals surface area contributed by atoms with Crippen molar-refractivity contribution < 1.29 is 9.47 Å². The van der Waals surface area contributed by atoms with Crippen LogP contribution < -0.4 is 14.8 Å². The molecule has 1 aliphatic rings. The molecule has 1 aliphatic heterocycles. The average molecular weight is 193 g/mol. The third kappa shape index (κ3) is 1.34. The normalized spacial score (nSPS) is 24.2. The van der Waals surface area contributed by atoms with Gasteiger partial charge in [-0.15, -0.1) is 0 Å². The van der Waals surface area contributed by atoms with E-state index in [1.807, 2.05) is 25.2 Å². The third-order valence-electron chi connectivity index (χ3n) is 2.65. The van der Waals surface area contributed by atoms with Gasteiger partial charge in [-0.1, -0.05) is 0 Å². The Morgan fingerprint density at radius 1 is 1.43 bits per heavy atom. The van der Waals surface area contributed by atoms with E-state index >= 15 is 0 Å². The van der Waals surface area contributed by atoms with Gasteiger partial charge in [0.15, 0.2) is 0 Å². The topological polar surface area (TPSA) is 30.5 Å². The summed E-state index contributed by atoms with van der Waals surface area (Å²) < 4.78 is 10.9. The molecule has 3 nitrogen and oxygen atoms in total. The van der Waals surface area contributed by atoms with Crippen LogP contribution in [0, 0.1) is 0 Å². The van der Waals surface area contributed by atoms with E-state index in [1.165, 1.54) is 5.56 Å². The van der Waals surface area contributed by atoms with Gasteiger partial charge < -0.3 is 14.8 Å². The van der Waals surface area contributed by atoms with Crippen LogP contribution in [0.2, 0.25) is 0 Å². The van der Waals surface area contributed by atoms with Gasteiger partial charge in [0.2, 0.25) is 0 Å². The summed E-state index contributed by atoms with van der Waals surface area (Å²) in [6.07, 6.45) is 0.183. The Labute approximate surface area is 84.0 Å². The van der Waals surface area contributed by atoms with Gasteiger partial charge in [-0.25, -0.2) is 0 Å². The highest BCUT2D eigenvalue weighted by molar-refractivity contribution is 5.45. The highest BCUT2D eigenvalue weighted by atomic mass is 16.5. The maximum absolute atomic E-state index is 5.69. The Morgan fingerprint density at radius 3 is 2.86 bits per heavy atom. The monoisotopic (exact) mass is 193 g/mol. The summed E-state index contributed by atoms with van der Waals surface area (Å²) in [5.41, 5.74) is 1.18. The lowest BCUT2D eigenvalue weighted by atomic mass is 10.0. The number of hydrogen-bond acceptors (Lipinski definition) is 3. The molecule has 0 amide bonds. The van der Waals surface area contributed by atoms with Gasteiger partial charge in [0, 0.05) is 5.56 Å². The number of methoxy groups -OCH3 is 1. The minimum atomic E-state index is 0.183. The highest BCUT2D eigenvalue weighted by Crippen LogP contribution is 2.38. The quantitative estimate of drug-likeness (QED) is 0.776. The Bertz CT molecular complexity index is 338. The molecule has 1 N–H and O–H groups in total. The van der Waals surface area contributed by atoms with Crippen molar-refractivity contribution >= 4 is 0 Å². The maximum atomic E-state index is 5.69. The van der Waals surface area contributed by atoms with Gasteiger partial charge in [-0.05, 0) is 32.2 Å². The molecular formula is C11H15NO2. The lowest BCUT2D eigenvalue weighted by Crippen LogP contribution is -2.25. The molecule has 2 rings (SSSR count). The van der Waals surface area contributed by atoms with Crippen LogP contribution in [0.4, 0.5) is 0 Å². The molecule has 0 aliphatic carbocycles. The summed E-state index contributed by atoms with van der Waals surface area (Å²) in [6, 6.07) is 6.17. The fourth-order valence-corrected chi connectivity index (χ4v) is 1.92. The molecule has 0 radical (unpaired) electrons. The van der Waals surface area contributed by atoms with Crippen molar-refractivity contribution in [3.05, 3.63) is 23.8 Å². The van der Waals surface area contributed by atoms with E-state index in [-0.39, 0.29) is 12.1 Å². The summed E-state index contributed by atoms with van der Waals surface area (Å²) in [4.78, 5) is 0. The van der Waals surface area contributed by atoms with Gasteiger partial charge in [-0.2, -0.15) is 0 Å². The first-order valence-corrected chi connectivity index (χ1v) is 4.78. The lowest BCUT2D eigenvalue weighted by Gasteiger charge is -2.13. The van der Waals surface area contributed by atoms with Crippen LogP contribution in [-0.4, -0.2) is 20.3 Å². The van der Waals surface area contributed by atoms with Gasteiger partial charge in [0.25, 0.3) is 0 Å². The zero-order valence-electron chi connectivity index (χ0n) is 8.70. The molecule has 0 bridgehead atoms. The van der Waals surface area contributed by atoms with Crippen LogP contribution in [0.3, 0.4) is 0 Å². The van der Waals surface area contributed by atoms with E-state index in [4.69, 9.17) is 9.47 Å².